The van der Waals surface area contributed by atoms with Crippen molar-refractivity contribution in [2.24, 2.45) is 7.05 Å². The molecule has 1 heterocycles. The molecule has 0 unspecified atom stereocenters. The van der Waals surface area contributed by atoms with Crippen LogP contribution in [0.5, 0.6) is 0 Å². The molecule has 0 aliphatic heterocycles. The summed E-state index contributed by atoms with van der Waals surface area (Å²) < 4.78 is 21.3. The minimum absolute atomic E-state index is 0.241. The van der Waals surface area contributed by atoms with Crippen molar-refractivity contribution in [1.29, 1.82) is 0 Å². The van der Waals surface area contributed by atoms with Crippen LogP contribution in [-0.4, -0.2) is 34.9 Å². The molecule has 10 heavy (non-hydrogen) atoms. The highest BCUT2D eigenvalue weighted by molar-refractivity contribution is 7.90. The Kier molecular flexibility index (Phi) is 1.43. The van der Waals surface area contributed by atoms with Gasteiger partial charge in [-0.05, 0) is 5.21 Å². The van der Waals surface area contributed by atoms with E-state index >= 15 is 0 Å². The van der Waals surface area contributed by atoms with Crippen molar-refractivity contribution in [3.05, 3.63) is 0 Å². The first-order valence-electron chi connectivity index (χ1n) is 2.44. The summed E-state index contributed by atoms with van der Waals surface area (Å²) in [5, 5.41) is 9.91. The van der Waals surface area contributed by atoms with Crippen molar-refractivity contribution < 1.29 is 8.42 Å². The van der Waals surface area contributed by atoms with E-state index in [4.69, 9.17) is 0 Å². The van der Waals surface area contributed by atoms with Gasteiger partial charge in [0.2, 0.25) is 9.84 Å². The van der Waals surface area contributed by atoms with E-state index in [1.165, 1.54) is 7.05 Å². The van der Waals surface area contributed by atoms with Gasteiger partial charge in [0.05, 0.1) is 7.05 Å². The molecule has 1 aromatic heterocycles. The Bertz CT molecular complexity index is 326. The summed E-state index contributed by atoms with van der Waals surface area (Å²) in [6.45, 7) is 0. The van der Waals surface area contributed by atoms with E-state index in [0.29, 0.717) is 0 Å². The van der Waals surface area contributed by atoms with Gasteiger partial charge in [-0.15, -0.1) is 5.10 Å². The van der Waals surface area contributed by atoms with Crippen molar-refractivity contribution in [1.82, 2.24) is 20.2 Å². The lowest BCUT2D eigenvalue weighted by Gasteiger charge is -1.83. The van der Waals surface area contributed by atoms with E-state index in [-0.39, 0.29) is 5.16 Å². The van der Waals surface area contributed by atoms with Gasteiger partial charge in [-0.1, -0.05) is 5.10 Å². The quantitative estimate of drug-likeness (QED) is 0.508. The maximum atomic E-state index is 10.7. The Hall–Kier alpha value is -0.980. The summed E-state index contributed by atoms with van der Waals surface area (Å²) in [5.41, 5.74) is 0. The van der Waals surface area contributed by atoms with Crippen molar-refractivity contribution in [3.8, 4) is 0 Å². The average molecular weight is 162 g/mol. The first kappa shape index (κ1) is 7.13. The van der Waals surface area contributed by atoms with Crippen LogP contribution in [0.3, 0.4) is 0 Å². The van der Waals surface area contributed by atoms with Crippen molar-refractivity contribution >= 4 is 9.84 Å². The molecule has 0 saturated carbocycles. The Labute approximate surface area is 57.8 Å². The standard InChI is InChI=1S/C3H6N4O2S/c1-7-5-3(4-6-7)10(2,8)9/h1-2H3. The molecule has 0 bridgehead atoms. The first-order chi connectivity index (χ1) is 4.50. The second kappa shape index (κ2) is 2.01. The van der Waals surface area contributed by atoms with Crippen LogP contribution in [0, 0.1) is 0 Å². The number of aromatic nitrogens is 4. The molecule has 0 aliphatic carbocycles. The molecular formula is C3H6N4O2S. The molecule has 0 atom stereocenters. The smallest absolute Gasteiger partial charge is 0.221 e. The van der Waals surface area contributed by atoms with Crippen molar-refractivity contribution in [3.63, 3.8) is 0 Å². The van der Waals surface area contributed by atoms with E-state index in [9.17, 15) is 8.42 Å². The van der Waals surface area contributed by atoms with Crippen LogP contribution in [0.1, 0.15) is 0 Å². The Balaban J connectivity index is 3.21. The summed E-state index contributed by atoms with van der Waals surface area (Å²) in [6.07, 6.45) is 1.03. The van der Waals surface area contributed by atoms with E-state index in [1.807, 2.05) is 0 Å². The zero-order valence-corrected chi connectivity index (χ0v) is 6.33. The molecule has 0 aliphatic rings. The predicted octanol–water partition coefficient (Wildman–Crippen LogP) is -1.39. The molecule has 0 radical (unpaired) electrons. The molecule has 0 N–H and O–H groups in total. The van der Waals surface area contributed by atoms with Gasteiger partial charge in [-0.25, -0.2) is 8.42 Å². The van der Waals surface area contributed by atoms with Gasteiger partial charge in [0.15, 0.2) is 0 Å². The fourth-order valence-corrected chi connectivity index (χ4v) is 0.866. The molecule has 1 rings (SSSR count). The van der Waals surface area contributed by atoms with Gasteiger partial charge in [0, 0.05) is 6.26 Å². The zero-order valence-electron chi connectivity index (χ0n) is 5.51. The van der Waals surface area contributed by atoms with Crippen LogP contribution in [0.15, 0.2) is 5.16 Å². The van der Waals surface area contributed by atoms with Crippen LogP contribution in [0.2, 0.25) is 0 Å². The topological polar surface area (TPSA) is 77.7 Å². The van der Waals surface area contributed by atoms with Gasteiger partial charge < -0.3 is 0 Å². The lowest BCUT2D eigenvalue weighted by atomic mass is 11.4. The summed E-state index contributed by atoms with van der Waals surface area (Å²) in [4.78, 5) is 1.09. The van der Waals surface area contributed by atoms with E-state index in [2.05, 4.69) is 15.4 Å². The number of rotatable bonds is 1. The predicted molar refractivity (Wildman–Crippen MR) is 31.9 cm³/mol. The molecule has 0 aromatic carbocycles. The third-order valence-corrected chi connectivity index (χ3v) is 1.65. The van der Waals surface area contributed by atoms with E-state index in [1.54, 1.807) is 0 Å². The molecular weight excluding hydrogens is 156 g/mol. The Morgan fingerprint density at radius 1 is 1.50 bits per heavy atom. The number of tetrazole rings is 1. The number of aryl methyl sites for hydroxylation is 1. The van der Waals surface area contributed by atoms with Crippen LogP contribution in [-0.2, 0) is 16.9 Å². The summed E-state index contributed by atoms with van der Waals surface area (Å²) >= 11 is 0. The minimum Gasteiger partial charge on any atom is -0.221 e. The highest BCUT2D eigenvalue weighted by atomic mass is 32.2. The summed E-state index contributed by atoms with van der Waals surface area (Å²) in [7, 11) is -1.79. The van der Waals surface area contributed by atoms with E-state index < -0.39 is 9.84 Å². The number of hydrogen-bond acceptors (Lipinski definition) is 5. The number of nitrogens with zero attached hydrogens (tertiary/aromatic N) is 4. The molecule has 56 valence electrons. The van der Waals surface area contributed by atoms with Gasteiger partial charge in [-0.2, -0.15) is 4.80 Å². The minimum atomic E-state index is -3.29. The zero-order chi connectivity index (χ0) is 7.78. The van der Waals surface area contributed by atoms with Crippen LogP contribution in [0.4, 0.5) is 0 Å². The molecule has 6 nitrogen and oxygen atoms in total. The van der Waals surface area contributed by atoms with Crippen molar-refractivity contribution in [2.45, 2.75) is 5.16 Å². The monoisotopic (exact) mass is 162 g/mol. The summed E-state index contributed by atoms with van der Waals surface area (Å²) in [6, 6.07) is 0. The highest BCUT2D eigenvalue weighted by Gasteiger charge is 2.12. The second-order valence-corrected chi connectivity index (χ2v) is 3.74. The van der Waals surface area contributed by atoms with Crippen LogP contribution in [0.25, 0.3) is 0 Å². The van der Waals surface area contributed by atoms with Gasteiger partial charge in [-0.3, -0.25) is 0 Å². The molecule has 0 fully saturated rings. The third kappa shape index (κ3) is 1.29. The molecule has 1 aromatic rings. The molecule has 0 amide bonds. The molecule has 7 heteroatoms. The average Bonchev–Trinajstić information content (AvgIpc) is 2.11. The van der Waals surface area contributed by atoms with Crippen LogP contribution >= 0.6 is 0 Å². The van der Waals surface area contributed by atoms with Gasteiger partial charge in [0.25, 0.3) is 5.16 Å². The lowest BCUT2D eigenvalue weighted by molar-refractivity contribution is 0.588. The lowest BCUT2D eigenvalue weighted by Crippen LogP contribution is -2.00. The highest BCUT2D eigenvalue weighted by Crippen LogP contribution is 1.94. The molecule has 0 spiro atoms. The Morgan fingerprint density at radius 3 is 2.30 bits per heavy atom. The fourth-order valence-electron chi connectivity index (χ4n) is 0.415. The van der Waals surface area contributed by atoms with Gasteiger partial charge >= 0.3 is 0 Å². The number of sulfone groups is 1. The van der Waals surface area contributed by atoms with E-state index in [0.717, 1.165) is 11.1 Å². The number of hydrogen-bond donors (Lipinski definition) is 0. The maximum Gasteiger partial charge on any atom is 0.288 e. The third-order valence-electron chi connectivity index (χ3n) is 0.822. The normalized spacial score (nSPS) is 11.8. The Morgan fingerprint density at radius 2 is 2.10 bits per heavy atom. The maximum absolute atomic E-state index is 10.7. The largest absolute Gasteiger partial charge is 0.288 e. The van der Waals surface area contributed by atoms with Gasteiger partial charge in [0.1, 0.15) is 0 Å². The fraction of sp³-hybridized carbons (Fsp3) is 0.667. The second-order valence-electron chi connectivity index (χ2n) is 1.83. The molecule has 0 saturated heterocycles. The SMILES string of the molecule is Cn1nnc(S(C)(=O)=O)n1. The first-order valence-corrected chi connectivity index (χ1v) is 4.33. The van der Waals surface area contributed by atoms with Crippen LogP contribution < -0.4 is 0 Å². The summed E-state index contributed by atoms with van der Waals surface area (Å²) in [5.74, 6) is 0. The van der Waals surface area contributed by atoms with Crippen molar-refractivity contribution in [2.75, 3.05) is 6.26 Å².